The monoisotopic (exact) mass is 697 g/mol. The Hall–Kier alpha value is -4.80. The normalized spacial score (nSPS) is 19.2. The van der Waals surface area contributed by atoms with Gasteiger partial charge in [0.15, 0.2) is 0 Å². The average Bonchev–Trinajstić information content (AvgIpc) is 3.67. The summed E-state index contributed by atoms with van der Waals surface area (Å²) >= 11 is 0. The number of benzene rings is 6. The van der Waals surface area contributed by atoms with Crippen LogP contribution in [-0.4, -0.2) is 19.6 Å². The molecule has 270 valence electrons. The predicted molar refractivity (Wildman–Crippen MR) is 223 cm³/mol. The lowest BCUT2D eigenvalue weighted by atomic mass is 9.84. The Morgan fingerprint density at radius 2 is 0.849 bits per heavy atom. The van der Waals surface area contributed by atoms with E-state index in [0.717, 1.165) is 39.3 Å². The average molecular weight is 698 g/mol. The molecule has 0 spiro atoms. The molecule has 0 bridgehead atoms. The van der Waals surface area contributed by atoms with Crippen LogP contribution in [0.5, 0.6) is 0 Å². The largest absolute Gasteiger partial charge is 0.313 e. The van der Waals surface area contributed by atoms with Gasteiger partial charge in [0, 0.05) is 37.4 Å². The van der Waals surface area contributed by atoms with Gasteiger partial charge in [-0.15, -0.1) is 0 Å². The van der Waals surface area contributed by atoms with Crippen molar-refractivity contribution in [3.05, 3.63) is 213 Å². The second-order valence-corrected chi connectivity index (χ2v) is 14.8. The highest BCUT2D eigenvalue weighted by molar-refractivity contribution is 5.44. The second-order valence-electron chi connectivity index (χ2n) is 14.8. The van der Waals surface area contributed by atoms with Crippen molar-refractivity contribution in [1.82, 2.24) is 16.0 Å². The third-order valence-corrected chi connectivity index (χ3v) is 11.2. The summed E-state index contributed by atoms with van der Waals surface area (Å²) in [6, 6.07) is 55.0. The molecule has 0 amide bonds. The topological polar surface area (TPSA) is 36.1 Å². The lowest BCUT2D eigenvalue weighted by Gasteiger charge is -2.20. The van der Waals surface area contributed by atoms with Crippen LogP contribution >= 0.6 is 0 Å². The molecule has 3 nitrogen and oxygen atoms in total. The van der Waals surface area contributed by atoms with Crippen molar-refractivity contribution in [3.8, 4) is 0 Å². The van der Waals surface area contributed by atoms with E-state index in [1.54, 1.807) is 0 Å². The van der Waals surface area contributed by atoms with Gasteiger partial charge in [-0.25, -0.2) is 0 Å². The number of fused-ring (bicyclic) bond motifs is 3. The molecule has 6 aromatic rings. The zero-order chi connectivity index (χ0) is 36.2. The van der Waals surface area contributed by atoms with Crippen molar-refractivity contribution in [2.45, 2.75) is 70.5 Å². The summed E-state index contributed by atoms with van der Waals surface area (Å²) < 4.78 is 0. The number of aryl methyl sites for hydroxylation is 2. The molecular formula is C50H55N3. The van der Waals surface area contributed by atoms with Crippen molar-refractivity contribution in [2.24, 2.45) is 0 Å². The van der Waals surface area contributed by atoms with Crippen molar-refractivity contribution < 1.29 is 0 Å². The minimum absolute atomic E-state index is 0.539. The van der Waals surface area contributed by atoms with Crippen LogP contribution in [0, 0.1) is 13.8 Å². The van der Waals surface area contributed by atoms with Gasteiger partial charge in [-0.05, 0) is 108 Å². The zero-order valence-corrected chi connectivity index (χ0v) is 31.5. The molecule has 3 N–H and O–H groups in total. The molecule has 0 aliphatic carbocycles. The first-order valence-electron chi connectivity index (χ1n) is 19.7. The summed E-state index contributed by atoms with van der Waals surface area (Å²) in [4.78, 5) is 0. The standard InChI is InChI=1S/2C17H19N.C16H17N/c1-13-6-5-9-15-12-18-11-10-16(17(13)15)14-7-3-2-4-8-14;1-13-7-8-16-15(11-13)12-18-10-9-17(16)14-5-3-2-4-6-14;1-2-6-13(7-3-1)16-10-11-17-12-14-8-4-5-9-15(14)16/h2-9,16,18H,10-12H2,1H3;2-8,11,17-18H,9-10,12H2,1H3;1-9,16-17H,10-12H2. The van der Waals surface area contributed by atoms with Crippen molar-refractivity contribution >= 4 is 0 Å². The van der Waals surface area contributed by atoms with Crippen LogP contribution in [0.1, 0.15) is 98.2 Å². The van der Waals surface area contributed by atoms with Gasteiger partial charge in [-0.3, -0.25) is 0 Å². The Morgan fingerprint density at radius 1 is 0.396 bits per heavy atom. The first-order chi connectivity index (χ1) is 26.2. The highest BCUT2D eigenvalue weighted by atomic mass is 14.9. The van der Waals surface area contributed by atoms with E-state index >= 15 is 0 Å². The summed E-state index contributed by atoms with van der Waals surface area (Å²) in [5.74, 6) is 1.62. The highest BCUT2D eigenvalue weighted by Gasteiger charge is 2.22. The molecular weight excluding hydrogens is 643 g/mol. The van der Waals surface area contributed by atoms with Crippen LogP contribution in [0.2, 0.25) is 0 Å². The Balaban J connectivity index is 0.000000123. The van der Waals surface area contributed by atoms with E-state index in [1.807, 2.05) is 0 Å². The van der Waals surface area contributed by atoms with Gasteiger partial charge in [-0.2, -0.15) is 0 Å². The molecule has 0 saturated heterocycles. The summed E-state index contributed by atoms with van der Waals surface area (Å²) in [6.07, 6.45) is 3.54. The zero-order valence-electron chi connectivity index (χ0n) is 31.5. The molecule has 53 heavy (non-hydrogen) atoms. The molecule has 0 aromatic heterocycles. The summed E-state index contributed by atoms with van der Waals surface area (Å²) in [6.45, 7) is 10.7. The highest BCUT2D eigenvalue weighted by Crippen LogP contribution is 2.35. The molecule has 3 aliphatic heterocycles. The molecule has 0 saturated carbocycles. The molecule has 6 aromatic carbocycles. The predicted octanol–water partition coefficient (Wildman–Crippen LogP) is 10.6. The molecule has 3 heterocycles. The fourth-order valence-electron chi connectivity index (χ4n) is 8.60. The minimum atomic E-state index is 0.539. The van der Waals surface area contributed by atoms with Crippen LogP contribution in [0.3, 0.4) is 0 Å². The van der Waals surface area contributed by atoms with Gasteiger partial charge in [0.05, 0.1) is 0 Å². The number of hydrogen-bond donors (Lipinski definition) is 3. The van der Waals surface area contributed by atoms with Gasteiger partial charge in [0.1, 0.15) is 0 Å². The van der Waals surface area contributed by atoms with E-state index < -0.39 is 0 Å². The summed E-state index contributed by atoms with van der Waals surface area (Å²) in [5.41, 5.74) is 16.0. The minimum Gasteiger partial charge on any atom is -0.313 e. The van der Waals surface area contributed by atoms with E-state index in [0.29, 0.717) is 17.8 Å². The van der Waals surface area contributed by atoms with Gasteiger partial charge in [0.25, 0.3) is 0 Å². The fraction of sp³-hybridized carbons (Fsp3) is 0.280. The van der Waals surface area contributed by atoms with E-state index in [2.05, 4.69) is 181 Å². The van der Waals surface area contributed by atoms with Crippen LogP contribution < -0.4 is 16.0 Å². The van der Waals surface area contributed by atoms with Crippen molar-refractivity contribution in [2.75, 3.05) is 19.6 Å². The number of rotatable bonds is 3. The quantitative estimate of drug-likeness (QED) is 0.172. The van der Waals surface area contributed by atoms with Crippen molar-refractivity contribution in [1.29, 1.82) is 0 Å². The SMILES string of the molecule is Cc1ccc2c(c1)CNCCC2c1ccccc1.Cc1cccc2c1C(c1ccccc1)CCNC2.c1ccc(C2CCNCc3ccccc32)cc1. The van der Waals surface area contributed by atoms with Gasteiger partial charge >= 0.3 is 0 Å². The lowest BCUT2D eigenvalue weighted by molar-refractivity contribution is 0.646. The molecule has 9 rings (SSSR count). The van der Waals surface area contributed by atoms with E-state index in [9.17, 15) is 0 Å². The van der Waals surface area contributed by atoms with Crippen molar-refractivity contribution in [3.63, 3.8) is 0 Å². The summed E-state index contributed by atoms with van der Waals surface area (Å²) in [7, 11) is 0. The lowest BCUT2D eigenvalue weighted by Crippen LogP contribution is -2.12. The molecule has 3 heteroatoms. The first kappa shape index (κ1) is 36.6. The van der Waals surface area contributed by atoms with Gasteiger partial charge in [0.2, 0.25) is 0 Å². The third-order valence-electron chi connectivity index (χ3n) is 11.2. The maximum atomic E-state index is 3.53. The number of hydrogen-bond acceptors (Lipinski definition) is 3. The van der Waals surface area contributed by atoms with Gasteiger partial charge in [-0.1, -0.05) is 157 Å². The maximum absolute atomic E-state index is 3.53. The van der Waals surface area contributed by atoms with E-state index in [-0.39, 0.29) is 0 Å². The van der Waals surface area contributed by atoms with Crippen LogP contribution in [0.25, 0.3) is 0 Å². The smallest absolute Gasteiger partial charge is 0.0208 e. The second kappa shape index (κ2) is 18.3. The first-order valence-corrected chi connectivity index (χ1v) is 19.7. The summed E-state index contributed by atoms with van der Waals surface area (Å²) in [5, 5.41) is 10.6. The van der Waals surface area contributed by atoms with Gasteiger partial charge < -0.3 is 16.0 Å². The van der Waals surface area contributed by atoms with E-state index in [1.165, 1.54) is 80.5 Å². The Morgan fingerprint density at radius 3 is 1.45 bits per heavy atom. The van der Waals surface area contributed by atoms with Crippen LogP contribution in [0.4, 0.5) is 0 Å². The molecule has 3 aliphatic rings. The Labute approximate surface area is 317 Å². The Bertz CT molecular complexity index is 2020. The van der Waals surface area contributed by atoms with E-state index in [4.69, 9.17) is 0 Å². The number of nitrogens with one attached hydrogen (secondary N) is 3. The van der Waals surface area contributed by atoms with Crippen LogP contribution in [0.15, 0.2) is 152 Å². The third kappa shape index (κ3) is 9.23. The molecule has 3 atom stereocenters. The Kier molecular flexibility index (Phi) is 12.6. The molecule has 0 fully saturated rings. The molecule has 0 radical (unpaired) electrons. The maximum Gasteiger partial charge on any atom is 0.0208 e. The fourth-order valence-corrected chi connectivity index (χ4v) is 8.60. The molecule has 3 unspecified atom stereocenters. The van der Waals surface area contributed by atoms with Crippen LogP contribution in [-0.2, 0) is 19.6 Å².